The van der Waals surface area contributed by atoms with Crippen LogP contribution in [0.15, 0.2) is 30.7 Å². The molecule has 1 atom stereocenters. The predicted molar refractivity (Wildman–Crippen MR) is 80.4 cm³/mol. The van der Waals surface area contributed by atoms with E-state index >= 15 is 0 Å². The first-order chi connectivity index (χ1) is 10.4. The minimum atomic E-state index is 0.108. The molecule has 1 saturated heterocycles. The molecule has 1 N–H and O–H groups in total. The monoisotopic (exact) mass is 285 g/mol. The number of nitrogens with one attached hydrogen (secondary N) is 1. The zero-order valence-corrected chi connectivity index (χ0v) is 11.9. The molecule has 0 radical (unpaired) electrons. The van der Waals surface area contributed by atoms with Crippen LogP contribution in [0.4, 0.5) is 5.69 Å². The van der Waals surface area contributed by atoms with E-state index in [9.17, 15) is 0 Å². The van der Waals surface area contributed by atoms with E-state index in [1.165, 1.54) is 16.8 Å². The van der Waals surface area contributed by atoms with E-state index in [1.807, 2.05) is 12.5 Å². The number of fused-ring (bicyclic) bond motifs is 1. The first-order valence-electron chi connectivity index (χ1n) is 7.47. The SMILES string of the molecule is c1cc2c(c(-c3cncn3CC3COCCO3)c1)NCC2. The summed E-state index contributed by atoms with van der Waals surface area (Å²) in [5.74, 6) is 0. The first-order valence-corrected chi connectivity index (χ1v) is 7.47. The molecule has 1 unspecified atom stereocenters. The van der Waals surface area contributed by atoms with Gasteiger partial charge in [-0.2, -0.15) is 0 Å². The maximum absolute atomic E-state index is 5.75. The van der Waals surface area contributed by atoms with Crippen LogP contribution in [0, 0.1) is 0 Å². The van der Waals surface area contributed by atoms with E-state index in [0.29, 0.717) is 19.8 Å². The highest BCUT2D eigenvalue weighted by Crippen LogP contribution is 2.34. The van der Waals surface area contributed by atoms with Gasteiger partial charge in [0, 0.05) is 17.8 Å². The Kier molecular flexibility index (Phi) is 3.37. The molecule has 3 heterocycles. The molecule has 2 aliphatic heterocycles. The highest BCUT2D eigenvalue weighted by molar-refractivity contribution is 5.79. The van der Waals surface area contributed by atoms with Crippen molar-refractivity contribution >= 4 is 5.69 Å². The van der Waals surface area contributed by atoms with E-state index in [0.717, 1.165) is 25.2 Å². The lowest BCUT2D eigenvalue weighted by Gasteiger charge is -2.24. The molecule has 21 heavy (non-hydrogen) atoms. The number of aromatic nitrogens is 2. The normalized spacial score (nSPS) is 21.0. The highest BCUT2D eigenvalue weighted by Gasteiger charge is 2.20. The van der Waals surface area contributed by atoms with Crippen LogP contribution in [0.5, 0.6) is 0 Å². The number of anilines is 1. The van der Waals surface area contributed by atoms with Gasteiger partial charge in [0.2, 0.25) is 0 Å². The standard InChI is InChI=1S/C16H19N3O2/c1-2-12-4-5-18-16(12)14(3-1)15-8-17-11-19(15)9-13-10-20-6-7-21-13/h1-3,8,11,13,18H,4-7,9-10H2. The molecule has 1 aromatic heterocycles. The summed E-state index contributed by atoms with van der Waals surface area (Å²) in [6, 6.07) is 6.47. The fourth-order valence-electron chi connectivity index (χ4n) is 3.10. The van der Waals surface area contributed by atoms with Crippen LogP contribution in [-0.4, -0.2) is 42.0 Å². The molecule has 110 valence electrons. The van der Waals surface area contributed by atoms with Gasteiger partial charge >= 0.3 is 0 Å². The maximum Gasteiger partial charge on any atom is 0.0988 e. The van der Waals surface area contributed by atoms with E-state index in [-0.39, 0.29) is 6.10 Å². The molecule has 0 bridgehead atoms. The lowest BCUT2D eigenvalue weighted by Crippen LogP contribution is -2.32. The Hall–Kier alpha value is -1.85. The summed E-state index contributed by atoms with van der Waals surface area (Å²) in [4.78, 5) is 4.33. The minimum Gasteiger partial charge on any atom is -0.384 e. The van der Waals surface area contributed by atoms with Crippen LogP contribution in [-0.2, 0) is 22.4 Å². The van der Waals surface area contributed by atoms with Crippen molar-refractivity contribution in [2.45, 2.75) is 19.1 Å². The third-order valence-corrected chi connectivity index (χ3v) is 4.12. The molecule has 2 aliphatic rings. The Balaban J connectivity index is 1.64. The Morgan fingerprint density at radius 3 is 3.24 bits per heavy atom. The van der Waals surface area contributed by atoms with Crippen molar-refractivity contribution in [3.63, 3.8) is 0 Å². The Morgan fingerprint density at radius 1 is 1.33 bits per heavy atom. The number of para-hydroxylation sites is 1. The van der Waals surface area contributed by atoms with E-state index in [2.05, 4.69) is 33.1 Å². The van der Waals surface area contributed by atoms with E-state index in [4.69, 9.17) is 9.47 Å². The van der Waals surface area contributed by atoms with Crippen molar-refractivity contribution in [3.05, 3.63) is 36.3 Å². The zero-order chi connectivity index (χ0) is 14.1. The van der Waals surface area contributed by atoms with Crippen molar-refractivity contribution in [2.24, 2.45) is 0 Å². The van der Waals surface area contributed by atoms with Gasteiger partial charge in [-0.05, 0) is 12.0 Å². The second kappa shape index (κ2) is 5.50. The first kappa shape index (κ1) is 12.9. The summed E-state index contributed by atoms with van der Waals surface area (Å²) in [5.41, 5.74) is 4.99. The third kappa shape index (κ3) is 2.43. The number of hydrogen-bond donors (Lipinski definition) is 1. The molecule has 2 aromatic rings. The van der Waals surface area contributed by atoms with Crippen LogP contribution in [0.3, 0.4) is 0 Å². The minimum absolute atomic E-state index is 0.108. The van der Waals surface area contributed by atoms with Gasteiger partial charge in [-0.15, -0.1) is 0 Å². The molecule has 4 rings (SSSR count). The van der Waals surface area contributed by atoms with Gasteiger partial charge in [-0.1, -0.05) is 18.2 Å². The average Bonchev–Trinajstić information content (AvgIpc) is 3.16. The lowest BCUT2D eigenvalue weighted by molar-refractivity contribution is -0.0934. The Bertz CT molecular complexity index is 632. The number of hydrogen-bond acceptors (Lipinski definition) is 4. The van der Waals surface area contributed by atoms with Gasteiger partial charge in [0.15, 0.2) is 0 Å². The fourth-order valence-corrected chi connectivity index (χ4v) is 3.10. The highest BCUT2D eigenvalue weighted by atomic mass is 16.6. The van der Waals surface area contributed by atoms with Crippen molar-refractivity contribution in [2.75, 3.05) is 31.7 Å². The molecule has 1 fully saturated rings. The van der Waals surface area contributed by atoms with Gasteiger partial charge in [-0.25, -0.2) is 4.98 Å². The fraction of sp³-hybridized carbons (Fsp3) is 0.438. The van der Waals surface area contributed by atoms with Crippen molar-refractivity contribution in [3.8, 4) is 11.3 Å². The van der Waals surface area contributed by atoms with Crippen LogP contribution >= 0.6 is 0 Å². The summed E-state index contributed by atoms with van der Waals surface area (Å²) in [6.07, 6.45) is 5.01. The van der Waals surface area contributed by atoms with Crippen LogP contribution < -0.4 is 5.32 Å². The Morgan fingerprint density at radius 2 is 2.33 bits per heavy atom. The summed E-state index contributed by atoms with van der Waals surface area (Å²) in [5, 5.41) is 3.49. The molecule has 0 spiro atoms. The molecule has 5 heteroatoms. The maximum atomic E-state index is 5.75. The van der Waals surface area contributed by atoms with Crippen LogP contribution in [0.25, 0.3) is 11.3 Å². The molecule has 1 aromatic carbocycles. The Labute approximate surface area is 123 Å². The summed E-state index contributed by atoms with van der Waals surface area (Å²) < 4.78 is 13.4. The smallest absolute Gasteiger partial charge is 0.0988 e. The predicted octanol–water partition coefficient (Wildman–Crippen LogP) is 1.93. The van der Waals surface area contributed by atoms with E-state index in [1.54, 1.807) is 0 Å². The number of ether oxygens (including phenoxy) is 2. The van der Waals surface area contributed by atoms with Crippen molar-refractivity contribution in [1.82, 2.24) is 9.55 Å². The number of imidazole rings is 1. The number of benzene rings is 1. The van der Waals surface area contributed by atoms with Gasteiger partial charge in [0.05, 0.1) is 50.7 Å². The molecule has 0 saturated carbocycles. The molecular formula is C16H19N3O2. The van der Waals surface area contributed by atoms with Crippen LogP contribution in [0.1, 0.15) is 5.56 Å². The number of rotatable bonds is 3. The van der Waals surface area contributed by atoms with E-state index < -0.39 is 0 Å². The zero-order valence-electron chi connectivity index (χ0n) is 11.9. The van der Waals surface area contributed by atoms with Gasteiger partial charge in [0.1, 0.15) is 0 Å². The van der Waals surface area contributed by atoms with Crippen LogP contribution in [0.2, 0.25) is 0 Å². The number of nitrogens with zero attached hydrogens (tertiary/aromatic N) is 2. The molecule has 0 aliphatic carbocycles. The van der Waals surface area contributed by atoms with Gasteiger partial charge in [-0.3, -0.25) is 0 Å². The summed E-state index contributed by atoms with van der Waals surface area (Å²) in [7, 11) is 0. The topological polar surface area (TPSA) is 48.3 Å². The summed E-state index contributed by atoms with van der Waals surface area (Å²) in [6.45, 7) is 3.82. The quantitative estimate of drug-likeness (QED) is 0.936. The second-order valence-corrected chi connectivity index (χ2v) is 5.52. The van der Waals surface area contributed by atoms with Crippen molar-refractivity contribution < 1.29 is 9.47 Å². The lowest BCUT2D eigenvalue weighted by atomic mass is 10.1. The van der Waals surface area contributed by atoms with Crippen molar-refractivity contribution in [1.29, 1.82) is 0 Å². The third-order valence-electron chi connectivity index (χ3n) is 4.12. The summed E-state index contributed by atoms with van der Waals surface area (Å²) >= 11 is 0. The largest absolute Gasteiger partial charge is 0.384 e. The van der Waals surface area contributed by atoms with Gasteiger partial charge in [0.25, 0.3) is 0 Å². The average molecular weight is 285 g/mol. The van der Waals surface area contributed by atoms with Gasteiger partial charge < -0.3 is 19.4 Å². The molecule has 0 amide bonds. The second-order valence-electron chi connectivity index (χ2n) is 5.52. The molecule has 5 nitrogen and oxygen atoms in total. The molecular weight excluding hydrogens is 266 g/mol.